The van der Waals surface area contributed by atoms with Gasteiger partial charge >= 0.3 is 5.51 Å². The van der Waals surface area contributed by atoms with Crippen molar-refractivity contribution in [3.8, 4) is 0 Å². The molecule has 2 saturated heterocycles. The monoisotopic (exact) mass is 959 g/mol. The van der Waals surface area contributed by atoms with Crippen LogP contribution in [-0.2, 0) is 24.6 Å². The topological polar surface area (TPSA) is 134 Å². The van der Waals surface area contributed by atoms with Gasteiger partial charge in [-0.05, 0) is 116 Å². The third-order valence-corrected chi connectivity index (χ3v) is 15.9. The number of piperazine rings is 1. The van der Waals surface area contributed by atoms with E-state index in [1.165, 1.54) is 28.5 Å². The Morgan fingerprint density at radius 1 is 0.812 bits per heavy atom. The summed E-state index contributed by atoms with van der Waals surface area (Å²) in [5.74, 6) is -0.573. The number of hydrogen-bond donors (Lipinski definition) is 1. The van der Waals surface area contributed by atoms with E-state index in [9.17, 15) is 30.0 Å². The molecule has 0 bridgehead atoms. The summed E-state index contributed by atoms with van der Waals surface area (Å²) < 4.78 is 101. The van der Waals surface area contributed by atoms with E-state index in [0.29, 0.717) is 43.9 Å². The average Bonchev–Trinajstić information content (AvgIpc) is 3.57. The second-order valence-corrected chi connectivity index (χ2v) is 21.3. The number of ether oxygens (including phenoxy) is 1. The maximum Gasteiger partial charge on any atom is 0.501 e. The molecule has 0 aromatic heterocycles. The number of sulfone groups is 1. The smallest absolute Gasteiger partial charge is 0.380 e. The van der Waals surface area contributed by atoms with Crippen LogP contribution in [-0.4, -0.2) is 115 Å². The van der Waals surface area contributed by atoms with Crippen LogP contribution in [0.5, 0.6) is 0 Å². The minimum absolute atomic E-state index is 0.116. The number of anilines is 2. The van der Waals surface area contributed by atoms with Crippen LogP contribution in [0.1, 0.15) is 54.4 Å². The fourth-order valence-corrected chi connectivity index (χ4v) is 11.3. The number of amides is 1. The molecular formula is C46H53ClF3N5O6S3. The number of hydrogen-bond acceptors (Lipinski definition) is 10. The molecule has 18 heteroatoms. The Morgan fingerprint density at radius 2 is 1.52 bits per heavy atom. The van der Waals surface area contributed by atoms with E-state index in [1.807, 2.05) is 42.5 Å². The van der Waals surface area contributed by atoms with Crippen molar-refractivity contribution in [2.75, 3.05) is 81.1 Å². The first-order valence-electron chi connectivity index (χ1n) is 21.4. The molecule has 1 atom stereocenters. The molecule has 2 aliphatic heterocycles. The molecule has 2 fully saturated rings. The van der Waals surface area contributed by atoms with Crippen LogP contribution in [0.25, 0.3) is 5.57 Å². The Balaban J connectivity index is 1.18. The average molecular weight is 961 g/mol. The van der Waals surface area contributed by atoms with Crippen molar-refractivity contribution in [3.05, 3.63) is 119 Å². The highest BCUT2D eigenvalue weighted by Crippen LogP contribution is 2.40. The van der Waals surface area contributed by atoms with Crippen molar-refractivity contribution in [1.29, 1.82) is 0 Å². The minimum atomic E-state index is -6.21. The van der Waals surface area contributed by atoms with E-state index < -0.39 is 52.8 Å². The largest absolute Gasteiger partial charge is 0.501 e. The lowest BCUT2D eigenvalue weighted by atomic mass is 9.87. The first-order chi connectivity index (χ1) is 30.6. The van der Waals surface area contributed by atoms with E-state index in [-0.39, 0.29) is 17.7 Å². The van der Waals surface area contributed by atoms with E-state index in [2.05, 4.69) is 26.8 Å². The van der Waals surface area contributed by atoms with Crippen LogP contribution < -0.4 is 14.9 Å². The Bertz CT molecular complexity index is 2480. The normalized spacial score (nSPS) is 17.9. The number of carbonyl (C=O) groups is 1. The summed E-state index contributed by atoms with van der Waals surface area (Å²) >= 11 is 7.55. The highest BCUT2D eigenvalue weighted by Gasteiger charge is 2.49. The molecule has 0 spiro atoms. The first kappa shape index (κ1) is 48.0. The summed E-state index contributed by atoms with van der Waals surface area (Å²) in [7, 11) is -10.9. The summed E-state index contributed by atoms with van der Waals surface area (Å²) in [4.78, 5) is 21.6. The predicted molar refractivity (Wildman–Crippen MR) is 247 cm³/mol. The molecule has 0 unspecified atom stereocenters. The van der Waals surface area contributed by atoms with E-state index in [0.717, 1.165) is 92.4 Å². The summed E-state index contributed by atoms with van der Waals surface area (Å²) in [6, 6.07) is 25.5. The van der Waals surface area contributed by atoms with Crippen LogP contribution in [0.15, 0.2) is 117 Å². The quantitative estimate of drug-likeness (QED) is 0.116. The molecule has 64 heavy (non-hydrogen) atoms. The van der Waals surface area contributed by atoms with E-state index in [1.54, 1.807) is 24.3 Å². The molecule has 4 aromatic carbocycles. The molecule has 1 amide bonds. The van der Waals surface area contributed by atoms with Gasteiger partial charge in [0.05, 0.1) is 17.2 Å². The highest BCUT2D eigenvalue weighted by molar-refractivity contribution is 7.99. The van der Waals surface area contributed by atoms with Gasteiger partial charge in [-0.15, -0.1) is 11.8 Å². The van der Waals surface area contributed by atoms with Crippen molar-refractivity contribution in [2.24, 2.45) is 5.14 Å². The molecule has 344 valence electrons. The van der Waals surface area contributed by atoms with Gasteiger partial charge in [-0.2, -0.15) is 13.2 Å². The predicted octanol–water partition coefficient (Wildman–Crippen LogP) is 8.35. The third kappa shape index (κ3) is 11.9. The molecule has 2 heterocycles. The Labute approximate surface area is 383 Å². The molecular weight excluding hydrogens is 907 g/mol. The zero-order valence-corrected chi connectivity index (χ0v) is 38.6. The third-order valence-electron chi connectivity index (χ3n) is 12.0. The summed E-state index contributed by atoms with van der Waals surface area (Å²) in [5.41, 5.74) is -1.37. The lowest BCUT2D eigenvalue weighted by molar-refractivity contribution is -0.0436. The van der Waals surface area contributed by atoms with Crippen LogP contribution in [0.2, 0.25) is 5.02 Å². The summed E-state index contributed by atoms with van der Waals surface area (Å²) in [5, 5.41) is 6.03. The number of allylic oxidation sites excluding steroid dienone is 1. The van der Waals surface area contributed by atoms with Crippen molar-refractivity contribution >= 4 is 66.1 Å². The van der Waals surface area contributed by atoms with Gasteiger partial charge < -0.3 is 19.4 Å². The molecule has 1 aliphatic carbocycles. The SMILES string of the molecule is NS(=O)(=O)c1ccc(N(C(=O)c2ccc(N3CCN(CC4=C(c5ccc(Cl)cc5)CCCC4)CC3)cc2)[C@H](CCN2CCCOCC2)CSc2ccccc2)c(S(=O)(=O)C(F)(F)F)c1. The van der Waals surface area contributed by atoms with Crippen molar-refractivity contribution in [1.82, 2.24) is 9.80 Å². The maximum absolute atomic E-state index is 15.0. The van der Waals surface area contributed by atoms with Gasteiger partial charge in [0.2, 0.25) is 10.0 Å². The highest BCUT2D eigenvalue weighted by atomic mass is 35.5. The number of alkyl halides is 3. The maximum atomic E-state index is 15.0. The molecule has 7 rings (SSSR count). The summed E-state index contributed by atoms with van der Waals surface area (Å²) in [6.07, 6.45) is 5.43. The minimum Gasteiger partial charge on any atom is -0.380 e. The zero-order chi connectivity index (χ0) is 45.5. The van der Waals surface area contributed by atoms with Gasteiger partial charge in [-0.25, -0.2) is 22.0 Å². The van der Waals surface area contributed by atoms with Crippen molar-refractivity contribution in [3.63, 3.8) is 0 Å². The lowest BCUT2D eigenvalue weighted by Gasteiger charge is -2.37. The zero-order valence-electron chi connectivity index (χ0n) is 35.4. The number of sulfonamides is 1. The van der Waals surface area contributed by atoms with Gasteiger partial charge in [0.15, 0.2) is 0 Å². The molecule has 4 aromatic rings. The second-order valence-electron chi connectivity index (χ2n) is 16.3. The number of thioether (sulfide) groups is 1. The van der Waals surface area contributed by atoms with Gasteiger partial charge in [0.25, 0.3) is 15.7 Å². The van der Waals surface area contributed by atoms with Crippen molar-refractivity contribution < 1.29 is 39.5 Å². The van der Waals surface area contributed by atoms with Gasteiger partial charge in [0.1, 0.15) is 4.90 Å². The lowest BCUT2D eigenvalue weighted by Crippen LogP contribution is -2.47. The fraction of sp³-hybridized carbons (Fsp3) is 0.413. The standard InChI is InChI=1S/C46H53ClF3N5O6S3/c47-37-15-11-34(12-16-37)42-10-5-4-7-36(42)32-53-24-26-54(27-25-53)38-17-13-35(14-18-38)45(56)55(43-20-19-41(64(51,59)60)31-44(43)63(57,58)46(48,49)50)39(33-62-40-8-2-1-3-9-40)21-23-52-22-6-29-61-30-28-52/h1-3,8-9,11-20,31,39H,4-7,10,21-30,32-33H2,(H2,51,59,60)/t39-/m1/s1. The van der Waals surface area contributed by atoms with Crippen LogP contribution in [0.4, 0.5) is 24.5 Å². The molecule has 0 radical (unpaired) electrons. The van der Waals surface area contributed by atoms with Crippen LogP contribution in [0, 0.1) is 0 Å². The molecule has 11 nitrogen and oxygen atoms in total. The number of rotatable bonds is 15. The van der Waals surface area contributed by atoms with E-state index in [4.69, 9.17) is 21.5 Å². The Kier molecular flexibility index (Phi) is 15.9. The van der Waals surface area contributed by atoms with Gasteiger partial charge in [0, 0.05) is 91.9 Å². The van der Waals surface area contributed by atoms with Crippen molar-refractivity contribution in [2.45, 2.75) is 64.8 Å². The Morgan fingerprint density at radius 3 is 2.20 bits per heavy atom. The Hall–Kier alpha value is -3.94. The van der Waals surface area contributed by atoms with Gasteiger partial charge in [-0.3, -0.25) is 9.69 Å². The number of benzene rings is 4. The van der Waals surface area contributed by atoms with Gasteiger partial charge in [-0.1, -0.05) is 47.5 Å². The fourth-order valence-electron chi connectivity index (χ4n) is 8.56. The number of nitrogens with zero attached hydrogens (tertiary/aromatic N) is 4. The summed E-state index contributed by atoms with van der Waals surface area (Å²) in [6.45, 7) is 6.78. The molecule has 2 N–H and O–H groups in total. The molecule has 0 saturated carbocycles. The number of carbonyl (C=O) groups excluding carboxylic acids is 1. The number of primary sulfonamides is 1. The first-order valence-corrected chi connectivity index (χ1v) is 25.8. The van der Waals surface area contributed by atoms with E-state index >= 15 is 4.79 Å². The number of halogens is 4. The number of nitrogens with two attached hydrogens (primary N) is 1. The van der Waals surface area contributed by atoms with Crippen LogP contribution >= 0.6 is 23.4 Å². The second kappa shape index (κ2) is 21.1. The molecule has 3 aliphatic rings. The van der Waals surface area contributed by atoms with Crippen LogP contribution in [0.3, 0.4) is 0 Å².